The molecule has 0 spiro atoms. The summed E-state index contributed by atoms with van der Waals surface area (Å²) in [6.45, 7) is 3.92. The van der Waals surface area contributed by atoms with Crippen LogP contribution in [0.3, 0.4) is 0 Å². The van der Waals surface area contributed by atoms with Crippen molar-refractivity contribution in [3.63, 3.8) is 0 Å². The van der Waals surface area contributed by atoms with E-state index in [2.05, 4.69) is 15.0 Å². The molecule has 2 aromatic rings. The predicted molar refractivity (Wildman–Crippen MR) is 111 cm³/mol. The molecule has 5 atom stereocenters. The highest BCUT2D eigenvalue weighted by molar-refractivity contribution is 7.53. The highest BCUT2D eigenvalue weighted by Crippen LogP contribution is 2.43. The third-order valence-corrected chi connectivity index (χ3v) is 5.59. The SMILES string of the molecule is CC(C)(C)OC(=O)[C@@H](OC[C@H]1O[C@@H](n2cnc3c(N)nc(CN)nc32)[C@H](O)[C@@H]1O)P(=O)(O)O. The van der Waals surface area contributed by atoms with E-state index in [4.69, 9.17) is 25.7 Å². The second-order valence-corrected chi connectivity index (χ2v) is 10.1. The smallest absolute Gasteiger partial charge is 0.365 e. The number of ether oxygens (including phenoxy) is 3. The van der Waals surface area contributed by atoms with Crippen LogP contribution in [0.5, 0.6) is 0 Å². The molecule has 16 heteroatoms. The van der Waals surface area contributed by atoms with E-state index in [1.807, 2.05) is 0 Å². The average molecular weight is 490 g/mol. The predicted octanol–water partition coefficient (Wildman–Crippen LogP) is -1.65. The van der Waals surface area contributed by atoms with Gasteiger partial charge in [0, 0.05) is 0 Å². The molecule has 3 rings (SSSR count). The number of esters is 1. The fourth-order valence-corrected chi connectivity index (χ4v) is 3.81. The highest BCUT2D eigenvalue weighted by Gasteiger charge is 2.47. The zero-order valence-corrected chi connectivity index (χ0v) is 19.0. The maximum Gasteiger partial charge on any atom is 0.365 e. The lowest BCUT2D eigenvalue weighted by atomic mass is 10.1. The zero-order chi connectivity index (χ0) is 24.7. The number of imidazole rings is 1. The topological polar surface area (TPSA) is 238 Å². The van der Waals surface area contributed by atoms with Crippen LogP contribution in [0.25, 0.3) is 11.2 Å². The third kappa shape index (κ3) is 5.47. The van der Waals surface area contributed by atoms with Crippen molar-refractivity contribution in [3.05, 3.63) is 12.2 Å². The molecule has 0 bridgehead atoms. The third-order valence-electron chi connectivity index (χ3n) is 4.62. The molecule has 0 saturated carbocycles. The molecule has 1 fully saturated rings. The van der Waals surface area contributed by atoms with Crippen molar-refractivity contribution >= 4 is 30.5 Å². The minimum Gasteiger partial charge on any atom is -0.458 e. The molecule has 3 heterocycles. The number of carbonyl (C=O) groups is 1. The molecule has 184 valence electrons. The summed E-state index contributed by atoms with van der Waals surface area (Å²) in [5, 5.41) is 20.9. The summed E-state index contributed by atoms with van der Waals surface area (Å²) in [5.41, 5.74) is 10.8. The van der Waals surface area contributed by atoms with Crippen LogP contribution in [-0.4, -0.2) is 81.9 Å². The lowest BCUT2D eigenvalue weighted by molar-refractivity contribution is -0.166. The summed E-state index contributed by atoms with van der Waals surface area (Å²) in [7, 11) is -5.07. The zero-order valence-electron chi connectivity index (χ0n) is 18.1. The van der Waals surface area contributed by atoms with Gasteiger partial charge in [-0.3, -0.25) is 9.13 Å². The number of anilines is 1. The van der Waals surface area contributed by atoms with Crippen molar-refractivity contribution in [1.29, 1.82) is 0 Å². The molecule has 33 heavy (non-hydrogen) atoms. The molecule has 2 aromatic heterocycles. The number of hydrogen-bond acceptors (Lipinski definition) is 12. The molecule has 8 N–H and O–H groups in total. The van der Waals surface area contributed by atoms with Gasteiger partial charge in [0.1, 0.15) is 35.3 Å². The fraction of sp³-hybridized carbons (Fsp3) is 0.647. The van der Waals surface area contributed by atoms with E-state index in [0.717, 1.165) is 0 Å². The van der Waals surface area contributed by atoms with Crippen molar-refractivity contribution < 1.29 is 43.6 Å². The monoisotopic (exact) mass is 490 g/mol. The van der Waals surface area contributed by atoms with Crippen LogP contribution in [-0.2, 0) is 30.1 Å². The number of nitrogens with two attached hydrogens (primary N) is 2. The highest BCUT2D eigenvalue weighted by atomic mass is 31.2. The van der Waals surface area contributed by atoms with Crippen LogP contribution >= 0.6 is 7.60 Å². The molecule has 15 nitrogen and oxygen atoms in total. The van der Waals surface area contributed by atoms with Gasteiger partial charge in [-0.25, -0.2) is 19.7 Å². The Balaban J connectivity index is 1.79. The van der Waals surface area contributed by atoms with Gasteiger partial charge < -0.3 is 45.7 Å². The van der Waals surface area contributed by atoms with Gasteiger partial charge in [0.25, 0.3) is 5.85 Å². The second kappa shape index (κ2) is 9.19. The Labute approximate surface area is 187 Å². The summed E-state index contributed by atoms with van der Waals surface area (Å²) in [6, 6.07) is 0. The number of nitrogen functional groups attached to an aromatic ring is 1. The number of aliphatic hydroxyl groups is 2. The standard InChI is InChI=1S/C17H27N6O9P/c1-17(2,3)32-15(26)16(33(27,28)29)30-5-7-10(24)11(25)14(31-7)23-6-20-9-12(19)21-8(4-18)22-13(9)23/h6-7,10-11,14,16,24-25H,4-5,18H2,1-3H3,(H2,19,21,22)(H2,27,28,29)/t7-,10-,11-,14-,16+/m1/s1. The summed E-state index contributed by atoms with van der Waals surface area (Å²) in [5.74, 6) is -3.23. The first-order chi connectivity index (χ1) is 15.2. The largest absolute Gasteiger partial charge is 0.458 e. The maximum absolute atomic E-state index is 12.2. The maximum atomic E-state index is 12.2. The van der Waals surface area contributed by atoms with Crippen molar-refractivity contribution in [3.8, 4) is 0 Å². The number of aromatic nitrogens is 4. The molecule has 0 aromatic carbocycles. The molecule has 0 aliphatic carbocycles. The normalized spacial score (nSPS) is 24.8. The van der Waals surface area contributed by atoms with Crippen LogP contribution < -0.4 is 11.5 Å². The van der Waals surface area contributed by atoms with E-state index >= 15 is 0 Å². The van der Waals surface area contributed by atoms with E-state index in [1.165, 1.54) is 31.7 Å². The summed E-state index contributed by atoms with van der Waals surface area (Å²) < 4.78 is 28.8. The molecule has 1 aliphatic rings. The van der Waals surface area contributed by atoms with Gasteiger partial charge in [0.05, 0.1) is 19.5 Å². The quantitative estimate of drug-likeness (QED) is 0.188. The van der Waals surface area contributed by atoms with Gasteiger partial charge in [0.15, 0.2) is 17.7 Å². The minimum atomic E-state index is -5.07. The van der Waals surface area contributed by atoms with Gasteiger partial charge in [-0.1, -0.05) is 0 Å². The van der Waals surface area contributed by atoms with Crippen molar-refractivity contribution in [1.82, 2.24) is 19.5 Å². The molecule has 1 saturated heterocycles. The van der Waals surface area contributed by atoms with Crippen LogP contribution in [0.15, 0.2) is 6.33 Å². The first kappa shape index (κ1) is 25.4. The molecular formula is C17H27N6O9P. The molecule has 0 unspecified atom stereocenters. The Bertz CT molecular complexity index is 1070. The number of carbonyl (C=O) groups excluding carboxylic acids is 1. The minimum absolute atomic E-state index is 0.00703. The Morgan fingerprint density at radius 2 is 1.97 bits per heavy atom. The van der Waals surface area contributed by atoms with Crippen molar-refractivity contribution in [2.75, 3.05) is 12.3 Å². The Kier molecular flexibility index (Phi) is 7.07. The van der Waals surface area contributed by atoms with Gasteiger partial charge in [-0.05, 0) is 20.8 Å². The van der Waals surface area contributed by atoms with Crippen LogP contribution in [0.4, 0.5) is 5.82 Å². The number of aliphatic hydroxyl groups excluding tert-OH is 2. The van der Waals surface area contributed by atoms with Crippen molar-refractivity contribution in [2.45, 2.75) is 63.3 Å². The second-order valence-electron chi connectivity index (χ2n) is 8.41. The van der Waals surface area contributed by atoms with E-state index in [-0.39, 0.29) is 29.4 Å². The number of hydrogen-bond donors (Lipinski definition) is 6. The van der Waals surface area contributed by atoms with E-state index in [1.54, 1.807) is 0 Å². The Morgan fingerprint density at radius 3 is 2.55 bits per heavy atom. The summed E-state index contributed by atoms with van der Waals surface area (Å²) in [6.07, 6.45) is -4.21. The average Bonchev–Trinajstić information content (AvgIpc) is 3.22. The van der Waals surface area contributed by atoms with Gasteiger partial charge in [0.2, 0.25) is 0 Å². The lowest BCUT2D eigenvalue weighted by Gasteiger charge is -2.25. The number of nitrogens with zero attached hydrogens (tertiary/aromatic N) is 4. The van der Waals surface area contributed by atoms with E-state index < -0.39 is 56.2 Å². The van der Waals surface area contributed by atoms with Crippen LogP contribution in [0.2, 0.25) is 0 Å². The first-order valence-corrected chi connectivity index (χ1v) is 11.5. The Morgan fingerprint density at radius 1 is 1.30 bits per heavy atom. The summed E-state index contributed by atoms with van der Waals surface area (Å²) >= 11 is 0. The van der Waals surface area contributed by atoms with Gasteiger partial charge in [-0.15, -0.1) is 0 Å². The first-order valence-electron chi connectivity index (χ1n) is 9.83. The van der Waals surface area contributed by atoms with E-state index in [0.29, 0.717) is 0 Å². The molecular weight excluding hydrogens is 463 g/mol. The van der Waals surface area contributed by atoms with Crippen LogP contribution in [0, 0.1) is 0 Å². The molecule has 0 radical (unpaired) electrons. The summed E-state index contributed by atoms with van der Waals surface area (Å²) in [4.78, 5) is 43.5. The molecule has 1 aliphatic heterocycles. The van der Waals surface area contributed by atoms with Gasteiger partial charge >= 0.3 is 13.6 Å². The van der Waals surface area contributed by atoms with E-state index in [9.17, 15) is 29.4 Å². The van der Waals surface area contributed by atoms with Crippen molar-refractivity contribution in [2.24, 2.45) is 5.73 Å². The number of rotatable bonds is 7. The van der Waals surface area contributed by atoms with Crippen LogP contribution in [0.1, 0.15) is 32.8 Å². The lowest BCUT2D eigenvalue weighted by Crippen LogP contribution is -2.38. The molecule has 0 amide bonds. The number of fused-ring (bicyclic) bond motifs is 1. The Hall–Kier alpha value is -2.23. The van der Waals surface area contributed by atoms with Gasteiger partial charge in [-0.2, -0.15) is 0 Å². The fourth-order valence-electron chi connectivity index (χ4n) is 3.20.